The van der Waals surface area contributed by atoms with Crippen LogP contribution in [-0.4, -0.2) is 71.7 Å². The Balaban J connectivity index is 1.44. The number of carbonyl (C=O) groups is 3. The highest BCUT2D eigenvalue weighted by atomic mass is 16.2. The third-order valence-corrected chi connectivity index (χ3v) is 5.86. The van der Waals surface area contributed by atoms with E-state index in [9.17, 15) is 14.4 Å². The number of piperazine rings is 1. The lowest BCUT2D eigenvalue weighted by molar-refractivity contribution is -0.147. The van der Waals surface area contributed by atoms with Gasteiger partial charge in [0, 0.05) is 57.5 Å². The van der Waals surface area contributed by atoms with Gasteiger partial charge in [0.1, 0.15) is 0 Å². The van der Waals surface area contributed by atoms with Crippen LogP contribution in [0.4, 0.5) is 0 Å². The van der Waals surface area contributed by atoms with Gasteiger partial charge in [-0.15, -0.1) is 0 Å². The molecule has 0 atom stereocenters. The molecule has 24 heavy (non-hydrogen) atoms. The molecule has 134 valence electrons. The highest BCUT2D eigenvalue weighted by Crippen LogP contribution is 2.29. The van der Waals surface area contributed by atoms with Gasteiger partial charge in [-0.1, -0.05) is 13.3 Å². The number of hydrogen-bond acceptors (Lipinski definition) is 3. The van der Waals surface area contributed by atoms with Crippen molar-refractivity contribution in [3.8, 4) is 0 Å². The van der Waals surface area contributed by atoms with Crippen LogP contribution in [0, 0.1) is 11.8 Å². The molecule has 2 heterocycles. The lowest BCUT2D eigenvalue weighted by Gasteiger charge is -2.40. The third-order valence-electron chi connectivity index (χ3n) is 5.86. The average molecular weight is 335 g/mol. The van der Waals surface area contributed by atoms with Crippen molar-refractivity contribution in [2.75, 3.05) is 39.3 Å². The Morgan fingerprint density at radius 2 is 1.17 bits per heavy atom. The lowest BCUT2D eigenvalue weighted by atomic mass is 9.84. The zero-order chi connectivity index (χ0) is 17.1. The van der Waals surface area contributed by atoms with Crippen LogP contribution in [0.25, 0.3) is 0 Å². The van der Waals surface area contributed by atoms with Crippen molar-refractivity contribution in [3.63, 3.8) is 0 Å². The predicted molar refractivity (Wildman–Crippen MR) is 90.1 cm³/mol. The van der Waals surface area contributed by atoms with Crippen LogP contribution in [0.2, 0.25) is 0 Å². The van der Waals surface area contributed by atoms with Crippen LogP contribution in [-0.2, 0) is 14.4 Å². The molecular weight excluding hydrogens is 306 g/mol. The molecular formula is C18H29N3O3. The van der Waals surface area contributed by atoms with Crippen LogP contribution in [0.3, 0.4) is 0 Å². The number of nitrogens with zero attached hydrogens (tertiary/aromatic N) is 3. The lowest BCUT2D eigenvalue weighted by Crippen LogP contribution is -2.54. The first-order chi connectivity index (χ1) is 11.6. The Morgan fingerprint density at radius 3 is 1.54 bits per heavy atom. The zero-order valence-electron chi connectivity index (χ0n) is 14.7. The third kappa shape index (κ3) is 3.57. The summed E-state index contributed by atoms with van der Waals surface area (Å²) >= 11 is 0. The van der Waals surface area contributed by atoms with Gasteiger partial charge in [-0.25, -0.2) is 0 Å². The average Bonchev–Trinajstić information content (AvgIpc) is 2.59. The van der Waals surface area contributed by atoms with E-state index in [4.69, 9.17) is 0 Å². The Labute approximate surface area is 144 Å². The van der Waals surface area contributed by atoms with E-state index in [2.05, 4.69) is 0 Å². The molecule has 0 spiro atoms. The number of amides is 3. The molecule has 1 aliphatic carbocycles. The number of piperidine rings is 1. The Morgan fingerprint density at radius 1 is 0.708 bits per heavy atom. The van der Waals surface area contributed by atoms with Crippen LogP contribution in [0.5, 0.6) is 0 Å². The molecule has 0 aromatic heterocycles. The molecule has 2 aliphatic heterocycles. The molecule has 3 amide bonds. The summed E-state index contributed by atoms with van der Waals surface area (Å²) in [4.78, 5) is 42.4. The number of carbonyl (C=O) groups excluding carboxylic acids is 3. The van der Waals surface area contributed by atoms with Crippen molar-refractivity contribution in [2.45, 2.75) is 45.4 Å². The summed E-state index contributed by atoms with van der Waals surface area (Å²) in [5, 5.41) is 0. The molecule has 0 aromatic rings. The van der Waals surface area contributed by atoms with E-state index < -0.39 is 0 Å². The maximum absolute atomic E-state index is 12.7. The second-order valence-corrected chi connectivity index (χ2v) is 7.29. The number of hydrogen-bond donors (Lipinski definition) is 0. The summed E-state index contributed by atoms with van der Waals surface area (Å²) < 4.78 is 0. The summed E-state index contributed by atoms with van der Waals surface area (Å²) in [5.41, 5.74) is 0. The van der Waals surface area contributed by atoms with Gasteiger partial charge in [-0.3, -0.25) is 14.4 Å². The van der Waals surface area contributed by atoms with Crippen molar-refractivity contribution >= 4 is 17.7 Å². The molecule has 0 N–H and O–H groups in total. The van der Waals surface area contributed by atoms with E-state index in [-0.39, 0.29) is 23.7 Å². The maximum atomic E-state index is 12.7. The summed E-state index contributed by atoms with van der Waals surface area (Å²) in [7, 11) is 0. The molecule has 3 rings (SSSR count). The van der Waals surface area contributed by atoms with Crippen molar-refractivity contribution in [1.82, 2.24) is 14.7 Å². The number of rotatable bonds is 3. The molecule has 1 saturated carbocycles. The van der Waals surface area contributed by atoms with E-state index in [1.165, 1.54) is 6.42 Å². The smallest absolute Gasteiger partial charge is 0.225 e. The largest absolute Gasteiger partial charge is 0.343 e. The van der Waals surface area contributed by atoms with Crippen LogP contribution in [0.1, 0.15) is 45.4 Å². The fourth-order valence-corrected chi connectivity index (χ4v) is 3.92. The fourth-order valence-electron chi connectivity index (χ4n) is 3.92. The van der Waals surface area contributed by atoms with Gasteiger partial charge in [-0.05, 0) is 25.7 Å². The first-order valence-electron chi connectivity index (χ1n) is 9.45. The first kappa shape index (κ1) is 17.2. The van der Waals surface area contributed by atoms with Gasteiger partial charge >= 0.3 is 0 Å². The fraction of sp³-hybridized carbons (Fsp3) is 0.833. The van der Waals surface area contributed by atoms with E-state index in [1.54, 1.807) is 0 Å². The maximum Gasteiger partial charge on any atom is 0.225 e. The van der Waals surface area contributed by atoms with Crippen molar-refractivity contribution in [2.24, 2.45) is 11.8 Å². The summed E-state index contributed by atoms with van der Waals surface area (Å²) in [6, 6.07) is 0. The van der Waals surface area contributed by atoms with Crippen LogP contribution >= 0.6 is 0 Å². The molecule has 6 nitrogen and oxygen atoms in total. The second kappa shape index (κ2) is 7.53. The van der Waals surface area contributed by atoms with Gasteiger partial charge in [0.05, 0.1) is 0 Å². The second-order valence-electron chi connectivity index (χ2n) is 7.29. The standard InChI is InChI=1S/C18H29N3O3/c1-2-16(22)19-8-6-15(7-9-19)18(24)21-12-10-20(11-13-21)17(23)14-4-3-5-14/h14-15H,2-13H2,1H3. The molecule has 3 fully saturated rings. The Kier molecular flexibility index (Phi) is 5.41. The summed E-state index contributed by atoms with van der Waals surface area (Å²) in [6.07, 6.45) is 5.32. The minimum atomic E-state index is 0.0415. The highest BCUT2D eigenvalue weighted by molar-refractivity contribution is 5.82. The van der Waals surface area contributed by atoms with Gasteiger partial charge in [0.15, 0.2) is 0 Å². The molecule has 0 unspecified atom stereocenters. The zero-order valence-corrected chi connectivity index (χ0v) is 14.7. The summed E-state index contributed by atoms with van der Waals surface area (Å²) in [6.45, 7) is 5.94. The topological polar surface area (TPSA) is 60.9 Å². The SMILES string of the molecule is CCC(=O)N1CCC(C(=O)N2CCN(C(=O)C3CCC3)CC2)CC1. The van der Waals surface area contributed by atoms with Gasteiger partial charge in [0.2, 0.25) is 17.7 Å². The number of likely N-dealkylation sites (tertiary alicyclic amines) is 1. The quantitative estimate of drug-likeness (QED) is 0.776. The van der Waals surface area contributed by atoms with Gasteiger partial charge < -0.3 is 14.7 Å². The summed E-state index contributed by atoms with van der Waals surface area (Å²) in [5.74, 6) is 0.977. The van der Waals surface area contributed by atoms with Crippen molar-refractivity contribution in [3.05, 3.63) is 0 Å². The van der Waals surface area contributed by atoms with Crippen LogP contribution in [0.15, 0.2) is 0 Å². The van der Waals surface area contributed by atoms with Crippen LogP contribution < -0.4 is 0 Å². The van der Waals surface area contributed by atoms with Gasteiger partial charge in [0.25, 0.3) is 0 Å². The molecule has 3 aliphatic rings. The molecule has 0 aromatic carbocycles. The van der Waals surface area contributed by atoms with Crippen molar-refractivity contribution in [1.29, 1.82) is 0 Å². The Bertz CT molecular complexity index is 488. The van der Waals surface area contributed by atoms with E-state index in [0.29, 0.717) is 51.6 Å². The normalized spacial score (nSPS) is 23.1. The predicted octanol–water partition coefficient (Wildman–Crippen LogP) is 1.11. The minimum absolute atomic E-state index is 0.0415. The Hall–Kier alpha value is -1.59. The first-order valence-corrected chi connectivity index (χ1v) is 9.45. The minimum Gasteiger partial charge on any atom is -0.343 e. The molecule has 2 saturated heterocycles. The highest BCUT2D eigenvalue weighted by Gasteiger charge is 2.34. The monoisotopic (exact) mass is 335 g/mol. The van der Waals surface area contributed by atoms with E-state index >= 15 is 0 Å². The molecule has 6 heteroatoms. The van der Waals surface area contributed by atoms with Gasteiger partial charge in [-0.2, -0.15) is 0 Å². The van der Waals surface area contributed by atoms with E-state index in [0.717, 1.165) is 25.7 Å². The van der Waals surface area contributed by atoms with E-state index in [1.807, 2.05) is 21.6 Å². The molecule has 0 bridgehead atoms. The molecule has 0 radical (unpaired) electrons. The van der Waals surface area contributed by atoms with Crippen molar-refractivity contribution < 1.29 is 14.4 Å².